The van der Waals surface area contributed by atoms with Crippen LogP contribution in [0.15, 0.2) is 24.3 Å². The number of ether oxygens (including phenoxy) is 1. The molecular weight excluding hydrogens is 278 g/mol. The highest BCUT2D eigenvalue weighted by Gasteiger charge is 2.26. The number of alkyl halides is 2. The van der Waals surface area contributed by atoms with E-state index < -0.39 is 6.61 Å². The molecule has 0 spiro atoms. The fourth-order valence-electron chi connectivity index (χ4n) is 1.98. The largest absolute Gasteiger partial charge is 0.434 e. The Balaban J connectivity index is 0.00000180. The van der Waals surface area contributed by atoms with Crippen molar-refractivity contribution in [1.29, 1.82) is 0 Å². The number of halogens is 3. The molecule has 1 aliphatic heterocycles. The van der Waals surface area contributed by atoms with Gasteiger partial charge in [-0.05, 0) is 18.6 Å². The Bertz CT molecular complexity index is 445. The number of para-hydroxylation sites is 1. The van der Waals surface area contributed by atoms with E-state index in [-0.39, 0.29) is 35.7 Å². The smallest absolute Gasteiger partial charge is 0.387 e. The molecule has 1 aromatic rings. The molecule has 7 heteroatoms. The van der Waals surface area contributed by atoms with E-state index in [2.05, 4.69) is 4.74 Å². The maximum Gasteiger partial charge on any atom is 0.387 e. The third-order valence-electron chi connectivity index (χ3n) is 2.85. The van der Waals surface area contributed by atoms with E-state index >= 15 is 0 Å². The van der Waals surface area contributed by atoms with Crippen molar-refractivity contribution in [3.05, 3.63) is 29.8 Å². The average molecular weight is 293 g/mol. The van der Waals surface area contributed by atoms with E-state index in [1.54, 1.807) is 17.0 Å². The molecule has 1 fully saturated rings. The lowest BCUT2D eigenvalue weighted by molar-refractivity contribution is -0.0502. The molecule has 4 nitrogen and oxygen atoms in total. The number of rotatable bonds is 3. The number of amides is 1. The Morgan fingerprint density at radius 1 is 1.42 bits per heavy atom. The lowest BCUT2D eigenvalue weighted by Crippen LogP contribution is -2.32. The average Bonchev–Trinajstić information content (AvgIpc) is 2.75. The Morgan fingerprint density at radius 3 is 2.68 bits per heavy atom. The van der Waals surface area contributed by atoms with Gasteiger partial charge in [0.1, 0.15) is 5.75 Å². The molecule has 1 atom stereocenters. The van der Waals surface area contributed by atoms with Gasteiger partial charge in [-0.2, -0.15) is 8.78 Å². The highest BCUT2D eigenvalue weighted by atomic mass is 35.5. The minimum absolute atomic E-state index is 0. The third kappa shape index (κ3) is 3.78. The van der Waals surface area contributed by atoms with Crippen LogP contribution in [0, 0.1) is 0 Å². The van der Waals surface area contributed by atoms with Gasteiger partial charge < -0.3 is 15.4 Å². The molecule has 106 valence electrons. The minimum Gasteiger partial charge on any atom is -0.434 e. The van der Waals surface area contributed by atoms with Crippen LogP contribution in [-0.4, -0.2) is 36.5 Å². The molecule has 0 radical (unpaired) electrons. The summed E-state index contributed by atoms with van der Waals surface area (Å²) in [4.78, 5) is 13.7. The number of hydrogen-bond donors (Lipinski definition) is 1. The zero-order valence-corrected chi connectivity index (χ0v) is 10.9. The molecule has 0 aliphatic carbocycles. The molecular formula is C12H15ClF2N2O2. The lowest BCUT2D eigenvalue weighted by Gasteiger charge is -2.17. The van der Waals surface area contributed by atoms with E-state index in [0.29, 0.717) is 13.1 Å². The lowest BCUT2D eigenvalue weighted by atomic mass is 10.2. The monoisotopic (exact) mass is 292 g/mol. The van der Waals surface area contributed by atoms with Crippen molar-refractivity contribution in [2.75, 3.05) is 13.1 Å². The Kier molecular flexibility index (Phi) is 5.50. The molecule has 2 N–H and O–H groups in total. The molecule has 1 amide bonds. The van der Waals surface area contributed by atoms with Gasteiger partial charge in [0.2, 0.25) is 0 Å². The van der Waals surface area contributed by atoms with Crippen molar-refractivity contribution in [3.8, 4) is 5.75 Å². The molecule has 19 heavy (non-hydrogen) atoms. The summed E-state index contributed by atoms with van der Waals surface area (Å²) in [6, 6.07) is 5.95. The van der Waals surface area contributed by atoms with Gasteiger partial charge in [-0.1, -0.05) is 12.1 Å². The molecule has 0 saturated carbocycles. The number of hydrogen-bond acceptors (Lipinski definition) is 3. The van der Waals surface area contributed by atoms with Gasteiger partial charge in [-0.15, -0.1) is 12.4 Å². The second kappa shape index (κ2) is 6.68. The summed E-state index contributed by atoms with van der Waals surface area (Å²) in [6.45, 7) is -1.95. The van der Waals surface area contributed by atoms with Gasteiger partial charge in [-0.25, -0.2) is 0 Å². The molecule has 0 aromatic heterocycles. The van der Waals surface area contributed by atoms with Crippen molar-refractivity contribution in [2.45, 2.75) is 19.1 Å². The summed E-state index contributed by atoms with van der Waals surface area (Å²) >= 11 is 0. The van der Waals surface area contributed by atoms with Crippen LogP contribution in [0.25, 0.3) is 0 Å². The first-order chi connectivity index (χ1) is 8.58. The number of likely N-dealkylation sites (tertiary alicyclic amines) is 1. The van der Waals surface area contributed by atoms with Crippen LogP contribution in [0.5, 0.6) is 5.75 Å². The number of carbonyl (C=O) groups excluding carboxylic acids is 1. The van der Waals surface area contributed by atoms with E-state index in [1.165, 1.54) is 12.1 Å². The molecule has 2 rings (SSSR count). The predicted octanol–water partition coefficient (Wildman–Crippen LogP) is 1.88. The van der Waals surface area contributed by atoms with Crippen LogP contribution in [-0.2, 0) is 0 Å². The number of carbonyl (C=O) groups is 1. The SMILES string of the molecule is Cl.N[C@@H]1CCN(C(=O)c2ccccc2OC(F)F)C1. The zero-order valence-electron chi connectivity index (χ0n) is 10.1. The summed E-state index contributed by atoms with van der Waals surface area (Å²) in [7, 11) is 0. The molecule has 1 heterocycles. The maximum absolute atomic E-state index is 12.2. The van der Waals surface area contributed by atoms with E-state index in [1.807, 2.05) is 0 Å². The van der Waals surface area contributed by atoms with Crippen molar-refractivity contribution < 1.29 is 18.3 Å². The molecule has 1 aromatic carbocycles. The summed E-state index contributed by atoms with van der Waals surface area (Å²) in [6.07, 6.45) is 0.726. The standard InChI is InChI=1S/C12H14F2N2O2.ClH/c13-12(14)18-10-4-2-1-3-9(10)11(17)16-6-5-8(15)7-16;/h1-4,8,12H,5-7,15H2;1H/t8-;/m1./s1. The first-order valence-corrected chi connectivity index (χ1v) is 5.66. The molecule has 0 unspecified atom stereocenters. The van der Waals surface area contributed by atoms with Gasteiger partial charge >= 0.3 is 6.61 Å². The van der Waals surface area contributed by atoms with Crippen LogP contribution >= 0.6 is 12.4 Å². The maximum atomic E-state index is 12.2. The van der Waals surface area contributed by atoms with Gasteiger partial charge in [0.05, 0.1) is 5.56 Å². The Hall–Kier alpha value is -1.40. The highest BCUT2D eigenvalue weighted by molar-refractivity contribution is 5.97. The first-order valence-electron chi connectivity index (χ1n) is 5.66. The Labute approximate surface area is 115 Å². The van der Waals surface area contributed by atoms with Gasteiger partial charge in [0.25, 0.3) is 5.91 Å². The van der Waals surface area contributed by atoms with E-state index in [4.69, 9.17) is 5.73 Å². The van der Waals surface area contributed by atoms with Crippen molar-refractivity contribution in [1.82, 2.24) is 4.90 Å². The summed E-state index contributed by atoms with van der Waals surface area (Å²) in [5.74, 6) is -0.419. The summed E-state index contributed by atoms with van der Waals surface area (Å²) < 4.78 is 28.8. The number of nitrogens with zero attached hydrogens (tertiary/aromatic N) is 1. The number of nitrogens with two attached hydrogens (primary N) is 1. The second-order valence-corrected chi connectivity index (χ2v) is 4.17. The van der Waals surface area contributed by atoms with Gasteiger partial charge in [0.15, 0.2) is 0 Å². The third-order valence-corrected chi connectivity index (χ3v) is 2.85. The van der Waals surface area contributed by atoms with Crippen LogP contribution < -0.4 is 10.5 Å². The minimum atomic E-state index is -2.94. The van der Waals surface area contributed by atoms with Crippen molar-refractivity contribution in [3.63, 3.8) is 0 Å². The van der Waals surface area contributed by atoms with Gasteiger partial charge in [-0.3, -0.25) is 4.79 Å². The van der Waals surface area contributed by atoms with Crippen molar-refractivity contribution >= 4 is 18.3 Å². The molecule has 1 aliphatic rings. The molecule has 0 bridgehead atoms. The summed E-state index contributed by atoms with van der Waals surface area (Å²) in [5.41, 5.74) is 5.86. The predicted molar refractivity (Wildman–Crippen MR) is 68.8 cm³/mol. The first kappa shape index (κ1) is 15.7. The normalized spacial score (nSPS) is 18.3. The quantitative estimate of drug-likeness (QED) is 0.925. The fraction of sp³-hybridized carbons (Fsp3) is 0.417. The zero-order chi connectivity index (χ0) is 13.1. The fourth-order valence-corrected chi connectivity index (χ4v) is 1.98. The van der Waals surface area contributed by atoms with E-state index in [0.717, 1.165) is 6.42 Å². The topological polar surface area (TPSA) is 55.6 Å². The van der Waals surface area contributed by atoms with Crippen LogP contribution in [0.1, 0.15) is 16.8 Å². The highest BCUT2D eigenvalue weighted by Crippen LogP contribution is 2.23. The molecule has 1 saturated heterocycles. The Morgan fingerprint density at radius 2 is 2.11 bits per heavy atom. The van der Waals surface area contributed by atoms with Crippen molar-refractivity contribution in [2.24, 2.45) is 5.73 Å². The van der Waals surface area contributed by atoms with Crippen LogP contribution in [0.3, 0.4) is 0 Å². The van der Waals surface area contributed by atoms with E-state index in [9.17, 15) is 13.6 Å². The second-order valence-electron chi connectivity index (χ2n) is 4.17. The van der Waals surface area contributed by atoms with Gasteiger partial charge in [0, 0.05) is 19.1 Å². The van der Waals surface area contributed by atoms with Crippen LogP contribution in [0.2, 0.25) is 0 Å². The van der Waals surface area contributed by atoms with Crippen LogP contribution in [0.4, 0.5) is 8.78 Å². The summed E-state index contributed by atoms with van der Waals surface area (Å²) in [5, 5.41) is 0. The number of benzene rings is 1.